The van der Waals surface area contributed by atoms with Crippen molar-refractivity contribution in [2.75, 3.05) is 11.9 Å². The lowest BCUT2D eigenvalue weighted by Crippen LogP contribution is -2.23. The smallest absolute Gasteiger partial charge is 0.240 e. The van der Waals surface area contributed by atoms with Crippen LogP contribution in [0.15, 0.2) is 53.4 Å². The van der Waals surface area contributed by atoms with Gasteiger partial charge in [-0.1, -0.05) is 42.8 Å². The predicted molar refractivity (Wildman–Crippen MR) is 95.7 cm³/mol. The highest BCUT2D eigenvalue weighted by Gasteiger charge is 2.12. The van der Waals surface area contributed by atoms with Crippen LogP contribution in [0.3, 0.4) is 0 Å². The first-order chi connectivity index (χ1) is 11.4. The number of hydrogen-bond acceptors (Lipinski definition) is 3. The number of nitrogens with one attached hydrogen (secondary N) is 2. The molecule has 128 valence electrons. The van der Waals surface area contributed by atoms with E-state index in [1.807, 2.05) is 0 Å². The summed E-state index contributed by atoms with van der Waals surface area (Å²) in [5, 5.41) is 3.25. The van der Waals surface area contributed by atoms with Crippen LogP contribution in [0.4, 0.5) is 5.69 Å². The van der Waals surface area contributed by atoms with Crippen LogP contribution < -0.4 is 10.0 Å². The van der Waals surface area contributed by atoms with Crippen LogP contribution in [0.25, 0.3) is 0 Å². The quantitative estimate of drug-likeness (QED) is 0.790. The number of hydrogen-bond donors (Lipinski definition) is 2. The van der Waals surface area contributed by atoms with Crippen molar-refractivity contribution >= 4 is 33.2 Å². The summed E-state index contributed by atoms with van der Waals surface area (Å²) in [4.78, 5) is 12.2. The molecule has 5 nitrogen and oxygen atoms in total. The normalized spacial score (nSPS) is 11.2. The van der Waals surface area contributed by atoms with Crippen molar-refractivity contribution in [3.05, 3.63) is 59.1 Å². The Morgan fingerprint density at radius 2 is 1.75 bits per heavy atom. The van der Waals surface area contributed by atoms with E-state index in [2.05, 4.69) is 10.0 Å². The minimum Gasteiger partial charge on any atom is -0.325 e. The lowest BCUT2D eigenvalue weighted by atomic mass is 10.1. The number of anilines is 1. The molecule has 0 bridgehead atoms. The maximum Gasteiger partial charge on any atom is 0.240 e. The fourth-order valence-electron chi connectivity index (χ4n) is 2.14. The molecule has 2 aromatic rings. The number of carbonyl (C=O) groups is 1. The summed E-state index contributed by atoms with van der Waals surface area (Å²) >= 11 is 5.99. The summed E-state index contributed by atoms with van der Waals surface area (Å²) < 4.78 is 26.1. The number of benzene rings is 2. The second kappa shape index (κ2) is 8.28. The average Bonchev–Trinajstić information content (AvgIpc) is 2.55. The summed E-state index contributed by atoms with van der Waals surface area (Å²) in [5.74, 6) is -0.146. The third-order valence-electron chi connectivity index (χ3n) is 3.36. The van der Waals surface area contributed by atoms with E-state index in [9.17, 15) is 13.2 Å². The molecule has 0 heterocycles. The fourth-order valence-corrected chi connectivity index (χ4v) is 3.37. The van der Waals surface area contributed by atoms with Crippen LogP contribution in [-0.4, -0.2) is 20.9 Å². The minimum atomic E-state index is -3.45. The highest BCUT2D eigenvalue weighted by atomic mass is 35.5. The van der Waals surface area contributed by atoms with Gasteiger partial charge in [-0.2, -0.15) is 0 Å². The second-order valence-corrected chi connectivity index (χ2v) is 7.35. The summed E-state index contributed by atoms with van der Waals surface area (Å²) in [6, 6.07) is 13.5. The second-order valence-electron chi connectivity index (χ2n) is 5.17. The van der Waals surface area contributed by atoms with Gasteiger partial charge in [0.2, 0.25) is 15.9 Å². The molecule has 0 aromatic heterocycles. The first-order valence-electron chi connectivity index (χ1n) is 7.55. The van der Waals surface area contributed by atoms with Gasteiger partial charge in [0, 0.05) is 13.0 Å². The first kappa shape index (κ1) is 18.4. The van der Waals surface area contributed by atoms with Crippen molar-refractivity contribution in [3.63, 3.8) is 0 Å². The molecule has 2 rings (SSSR count). The molecule has 0 spiro atoms. The van der Waals surface area contributed by atoms with Gasteiger partial charge in [-0.3, -0.25) is 4.79 Å². The Morgan fingerprint density at radius 3 is 2.38 bits per heavy atom. The van der Waals surface area contributed by atoms with Gasteiger partial charge in [0.1, 0.15) is 0 Å². The molecule has 2 aromatic carbocycles. The Balaban J connectivity index is 1.93. The molecular weight excluding hydrogens is 348 g/mol. The molecule has 0 saturated carbocycles. The van der Waals surface area contributed by atoms with Gasteiger partial charge >= 0.3 is 0 Å². The molecular formula is C17H19ClN2O3S. The number of rotatable bonds is 7. The topological polar surface area (TPSA) is 75.3 Å². The number of halogens is 1. The molecule has 0 aliphatic heterocycles. The summed E-state index contributed by atoms with van der Waals surface area (Å²) in [6.45, 7) is 2.07. The standard InChI is InChI=1S/C17H19ClN2O3S/c1-2-19-24(22,23)14-10-7-13(8-11-14)9-12-17(21)20-16-6-4-3-5-15(16)18/h3-8,10-11,19H,2,9,12H2,1H3,(H,20,21). The van der Waals surface area contributed by atoms with E-state index in [-0.39, 0.29) is 17.2 Å². The zero-order valence-electron chi connectivity index (χ0n) is 13.3. The average molecular weight is 367 g/mol. The van der Waals surface area contributed by atoms with E-state index in [0.29, 0.717) is 23.7 Å². The van der Waals surface area contributed by atoms with Gasteiger partial charge in [0.15, 0.2) is 0 Å². The van der Waals surface area contributed by atoms with Crippen molar-refractivity contribution in [3.8, 4) is 0 Å². The third-order valence-corrected chi connectivity index (χ3v) is 5.25. The fraction of sp³-hybridized carbons (Fsp3) is 0.235. The van der Waals surface area contributed by atoms with E-state index in [1.165, 1.54) is 0 Å². The first-order valence-corrected chi connectivity index (χ1v) is 9.41. The van der Waals surface area contributed by atoms with Gasteiger partial charge in [-0.25, -0.2) is 13.1 Å². The summed E-state index contributed by atoms with van der Waals surface area (Å²) in [7, 11) is -3.45. The minimum absolute atomic E-state index is 0.146. The Morgan fingerprint density at radius 1 is 1.08 bits per heavy atom. The maximum atomic E-state index is 12.0. The molecule has 0 unspecified atom stereocenters. The number of aryl methyl sites for hydroxylation is 1. The lowest BCUT2D eigenvalue weighted by molar-refractivity contribution is -0.116. The van der Waals surface area contributed by atoms with Crippen LogP contribution >= 0.6 is 11.6 Å². The van der Waals surface area contributed by atoms with Crippen molar-refractivity contribution in [2.24, 2.45) is 0 Å². The van der Waals surface area contributed by atoms with Crippen molar-refractivity contribution in [1.82, 2.24) is 4.72 Å². The number of carbonyl (C=O) groups excluding carboxylic acids is 1. The molecule has 7 heteroatoms. The molecule has 2 N–H and O–H groups in total. The maximum absolute atomic E-state index is 12.0. The number of para-hydroxylation sites is 1. The summed E-state index contributed by atoms with van der Waals surface area (Å²) in [6.07, 6.45) is 0.794. The Kier molecular flexibility index (Phi) is 6.36. The zero-order valence-corrected chi connectivity index (χ0v) is 14.8. The molecule has 0 aliphatic rings. The molecule has 0 atom stereocenters. The predicted octanol–water partition coefficient (Wildman–Crippen LogP) is 3.21. The Hall–Kier alpha value is -1.89. The molecule has 24 heavy (non-hydrogen) atoms. The molecule has 0 radical (unpaired) electrons. The zero-order chi connectivity index (χ0) is 17.6. The van der Waals surface area contributed by atoms with Gasteiger partial charge in [-0.05, 0) is 36.2 Å². The van der Waals surface area contributed by atoms with Crippen LogP contribution in [0, 0.1) is 0 Å². The number of amides is 1. The lowest BCUT2D eigenvalue weighted by Gasteiger charge is -2.08. The summed E-state index contributed by atoms with van der Waals surface area (Å²) in [5.41, 5.74) is 1.47. The van der Waals surface area contributed by atoms with Gasteiger partial charge in [0.25, 0.3) is 0 Å². The van der Waals surface area contributed by atoms with Crippen LogP contribution in [0.2, 0.25) is 5.02 Å². The molecule has 0 fully saturated rings. The highest BCUT2D eigenvalue weighted by Crippen LogP contribution is 2.20. The Labute approximate surface area is 147 Å². The molecule has 1 amide bonds. The van der Waals surface area contributed by atoms with Gasteiger partial charge in [0.05, 0.1) is 15.6 Å². The van der Waals surface area contributed by atoms with Crippen LogP contribution in [0.5, 0.6) is 0 Å². The third kappa shape index (κ3) is 5.06. The largest absolute Gasteiger partial charge is 0.325 e. The molecule has 0 saturated heterocycles. The van der Waals surface area contributed by atoms with E-state index in [1.54, 1.807) is 55.5 Å². The monoisotopic (exact) mass is 366 g/mol. The SMILES string of the molecule is CCNS(=O)(=O)c1ccc(CCC(=O)Nc2ccccc2Cl)cc1. The van der Waals surface area contributed by atoms with Crippen molar-refractivity contribution < 1.29 is 13.2 Å². The van der Waals surface area contributed by atoms with E-state index < -0.39 is 10.0 Å². The van der Waals surface area contributed by atoms with Gasteiger partial charge < -0.3 is 5.32 Å². The Bertz CT molecular complexity index is 805. The van der Waals surface area contributed by atoms with Crippen LogP contribution in [-0.2, 0) is 21.2 Å². The van der Waals surface area contributed by atoms with E-state index in [0.717, 1.165) is 5.56 Å². The van der Waals surface area contributed by atoms with Crippen molar-refractivity contribution in [1.29, 1.82) is 0 Å². The molecule has 0 aliphatic carbocycles. The van der Waals surface area contributed by atoms with E-state index in [4.69, 9.17) is 11.6 Å². The number of sulfonamides is 1. The van der Waals surface area contributed by atoms with Crippen LogP contribution in [0.1, 0.15) is 18.9 Å². The van der Waals surface area contributed by atoms with E-state index >= 15 is 0 Å². The highest BCUT2D eigenvalue weighted by molar-refractivity contribution is 7.89. The van der Waals surface area contributed by atoms with Crippen molar-refractivity contribution in [2.45, 2.75) is 24.7 Å². The van der Waals surface area contributed by atoms with Gasteiger partial charge in [-0.15, -0.1) is 0 Å².